The predicted molar refractivity (Wildman–Crippen MR) is 71.7 cm³/mol. The highest BCUT2D eigenvalue weighted by molar-refractivity contribution is 5.70. The molecular formula is C14H18FN3. The van der Waals surface area contributed by atoms with E-state index in [1.54, 1.807) is 12.1 Å². The number of aryl methyl sites for hydroxylation is 1. The Hall–Kier alpha value is -1.84. The summed E-state index contributed by atoms with van der Waals surface area (Å²) in [6, 6.07) is 6.26. The second-order valence-corrected chi connectivity index (χ2v) is 4.40. The number of benzene rings is 1. The minimum atomic E-state index is -0.251. The summed E-state index contributed by atoms with van der Waals surface area (Å²) in [6.45, 7) is 4.96. The monoisotopic (exact) mass is 247 g/mol. The maximum Gasteiger partial charge on any atom is 0.131 e. The number of nitrogens with zero attached hydrogens (tertiary/aromatic N) is 2. The normalized spacial score (nSPS) is 10.8. The van der Waals surface area contributed by atoms with Crippen molar-refractivity contribution in [1.29, 1.82) is 0 Å². The van der Waals surface area contributed by atoms with Crippen molar-refractivity contribution in [2.24, 2.45) is 0 Å². The Morgan fingerprint density at radius 3 is 2.56 bits per heavy atom. The van der Waals surface area contributed by atoms with Gasteiger partial charge in [-0.2, -0.15) is 0 Å². The van der Waals surface area contributed by atoms with E-state index in [9.17, 15) is 4.39 Å². The number of imidazole rings is 1. The molecule has 0 saturated carbocycles. The van der Waals surface area contributed by atoms with Crippen LogP contribution >= 0.6 is 0 Å². The van der Waals surface area contributed by atoms with Gasteiger partial charge in [-0.05, 0) is 37.6 Å². The second-order valence-electron chi connectivity index (χ2n) is 4.40. The number of halogens is 1. The van der Waals surface area contributed by atoms with Crippen molar-refractivity contribution in [2.75, 3.05) is 5.73 Å². The van der Waals surface area contributed by atoms with Crippen molar-refractivity contribution < 1.29 is 4.39 Å². The molecule has 0 atom stereocenters. The molecule has 1 aromatic carbocycles. The lowest BCUT2D eigenvalue weighted by Gasteiger charge is -2.06. The van der Waals surface area contributed by atoms with Gasteiger partial charge in [0.15, 0.2) is 0 Å². The first-order valence-electron chi connectivity index (χ1n) is 6.22. The number of rotatable bonds is 4. The Kier molecular flexibility index (Phi) is 3.65. The first-order valence-corrected chi connectivity index (χ1v) is 6.22. The third kappa shape index (κ3) is 2.37. The van der Waals surface area contributed by atoms with Gasteiger partial charge < -0.3 is 10.3 Å². The molecule has 18 heavy (non-hydrogen) atoms. The zero-order valence-electron chi connectivity index (χ0n) is 10.8. The Morgan fingerprint density at radius 2 is 1.94 bits per heavy atom. The van der Waals surface area contributed by atoms with Gasteiger partial charge in [0.05, 0.1) is 0 Å². The molecule has 0 bridgehead atoms. The van der Waals surface area contributed by atoms with E-state index < -0.39 is 0 Å². The highest BCUT2D eigenvalue weighted by Crippen LogP contribution is 2.26. The van der Waals surface area contributed by atoms with Crippen LogP contribution in [-0.2, 0) is 6.54 Å². The van der Waals surface area contributed by atoms with Gasteiger partial charge in [0, 0.05) is 12.1 Å². The van der Waals surface area contributed by atoms with Gasteiger partial charge in [0.1, 0.15) is 23.2 Å². The maximum atomic E-state index is 12.9. The molecule has 1 aromatic heterocycles. The Labute approximate surface area is 106 Å². The Bertz CT molecular complexity index is 529. The van der Waals surface area contributed by atoms with Gasteiger partial charge in [-0.25, -0.2) is 9.37 Å². The van der Waals surface area contributed by atoms with Crippen molar-refractivity contribution in [3.63, 3.8) is 0 Å². The molecule has 2 N–H and O–H groups in total. The van der Waals surface area contributed by atoms with Crippen LogP contribution in [0.3, 0.4) is 0 Å². The minimum absolute atomic E-state index is 0.251. The van der Waals surface area contributed by atoms with Gasteiger partial charge in [0.25, 0.3) is 0 Å². The summed E-state index contributed by atoms with van der Waals surface area (Å²) in [7, 11) is 0. The first kappa shape index (κ1) is 12.6. The van der Waals surface area contributed by atoms with Crippen LogP contribution in [0, 0.1) is 12.7 Å². The van der Waals surface area contributed by atoms with Crippen molar-refractivity contribution >= 4 is 5.82 Å². The summed E-state index contributed by atoms with van der Waals surface area (Å²) in [5.74, 6) is 1.31. The number of hydrogen-bond acceptors (Lipinski definition) is 2. The van der Waals surface area contributed by atoms with Crippen LogP contribution in [0.15, 0.2) is 24.3 Å². The number of nitrogens with two attached hydrogens (primary N) is 1. The molecule has 0 fully saturated rings. The van der Waals surface area contributed by atoms with Crippen LogP contribution in [0.5, 0.6) is 0 Å². The number of unbranched alkanes of at least 4 members (excludes halogenated alkanes) is 1. The second kappa shape index (κ2) is 5.21. The zero-order chi connectivity index (χ0) is 13.1. The number of hydrogen-bond donors (Lipinski definition) is 1. The lowest BCUT2D eigenvalue weighted by Crippen LogP contribution is -2.04. The van der Waals surface area contributed by atoms with Crippen LogP contribution < -0.4 is 5.73 Å². The molecular weight excluding hydrogens is 229 g/mol. The molecule has 0 spiro atoms. The third-order valence-electron chi connectivity index (χ3n) is 3.05. The van der Waals surface area contributed by atoms with Crippen LogP contribution in [0.25, 0.3) is 11.3 Å². The van der Waals surface area contributed by atoms with E-state index in [4.69, 9.17) is 5.73 Å². The predicted octanol–water partition coefficient (Wildman–Crippen LogP) is 3.38. The van der Waals surface area contributed by atoms with Gasteiger partial charge in [-0.15, -0.1) is 0 Å². The molecule has 0 amide bonds. The Morgan fingerprint density at radius 1 is 1.28 bits per heavy atom. The topological polar surface area (TPSA) is 43.8 Å². The van der Waals surface area contributed by atoms with E-state index in [0.29, 0.717) is 5.82 Å². The fraction of sp³-hybridized carbons (Fsp3) is 0.357. The molecule has 2 aromatic rings. The van der Waals surface area contributed by atoms with Crippen molar-refractivity contribution in [3.05, 3.63) is 35.9 Å². The zero-order valence-corrected chi connectivity index (χ0v) is 10.8. The van der Waals surface area contributed by atoms with Crippen molar-refractivity contribution in [1.82, 2.24) is 9.55 Å². The maximum absolute atomic E-state index is 12.9. The summed E-state index contributed by atoms with van der Waals surface area (Å²) in [5, 5.41) is 0. The van der Waals surface area contributed by atoms with Gasteiger partial charge >= 0.3 is 0 Å². The highest BCUT2D eigenvalue weighted by Gasteiger charge is 2.13. The fourth-order valence-electron chi connectivity index (χ4n) is 2.00. The first-order chi connectivity index (χ1) is 8.63. The fourth-order valence-corrected chi connectivity index (χ4v) is 2.00. The van der Waals surface area contributed by atoms with E-state index in [2.05, 4.69) is 11.9 Å². The molecule has 0 radical (unpaired) electrons. The van der Waals surface area contributed by atoms with Crippen LogP contribution in [0.4, 0.5) is 10.2 Å². The summed E-state index contributed by atoms with van der Waals surface area (Å²) < 4.78 is 14.9. The number of nitrogen functional groups attached to an aromatic ring is 1. The van der Waals surface area contributed by atoms with Crippen LogP contribution in [-0.4, -0.2) is 9.55 Å². The smallest absolute Gasteiger partial charge is 0.131 e. The summed E-state index contributed by atoms with van der Waals surface area (Å²) in [5.41, 5.74) is 7.72. The minimum Gasteiger partial charge on any atom is -0.383 e. The molecule has 2 rings (SSSR count). The molecule has 0 unspecified atom stereocenters. The lowest BCUT2D eigenvalue weighted by molar-refractivity contribution is 0.622. The van der Waals surface area contributed by atoms with E-state index in [-0.39, 0.29) is 5.82 Å². The third-order valence-corrected chi connectivity index (χ3v) is 3.05. The molecule has 1 heterocycles. The summed E-state index contributed by atoms with van der Waals surface area (Å²) in [4.78, 5) is 4.48. The largest absolute Gasteiger partial charge is 0.383 e. The number of aromatic nitrogens is 2. The number of anilines is 1. The molecule has 4 heteroatoms. The molecule has 0 aliphatic heterocycles. The van der Waals surface area contributed by atoms with Crippen molar-refractivity contribution in [3.8, 4) is 11.3 Å². The lowest BCUT2D eigenvalue weighted by atomic mass is 10.1. The van der Waals surface area contributed by atoms with Gasteiger partial charge in [0.2, 0.25) is 0 Å². The molecule has 96 valence electrons. The molecule has 0 saturated heterocycles. The van der Waals surface area contributed by atoms with Gasteiger partial charge in [-0.3, -0.25) is 0 Å². The molecule has 3 nitrogen and oxygen atoms in total. The average molecular weight is 247 g/mol. The highest BCUT2D eigenvalue weighted by atomic mass is 19.1. The molecule has 0 aliphatic carbocycles. The molecule has 0 aliphatic rings. The van der Waals surface area contributed by atoms with E-state index >= 15 is 0 Å². The van der Waals surface area contributed by atoms with E-state index in [0.717, 1.165) is 36.5 Å². The quantitative estimate of drug-likeness (QED) is 0.900. The average Bonchev–Trinajstić information content (AvgIpc) is 2.64. The summed E-state index contributed by atoms with van der Waals surface area (Å²) in [6.07, 6.45) is 2.19. The van der Waals surface area contributed by atoms with Crippen molar-refractivity contribution in [2.45, 2.75) is 33.2 Å². The van der Waals surface area contributed by atoms with Crippen LogP contribution in [0.1, 0.15) is 25.6 Å². The standard InChI is InChI=1S/C14H18FN3/c1-3-4-9-18-10(2)17-13(14(18)16)11-5-7-12(15)8-6-11/h5-8H,3-4,9,16H2,1-2H3. The van der Waals surface area contributed by atoms with E-state index in [1.165, 1.54) is 12.1 Å². The SMILES string of the molecule is CCCCn1c(C)nc(-c2ccc(F)cc2)c1N. The van der Waals surface area contributed by atoms with Crippen LogP contribution in [0.2, 0.25) is 0 Å². The van der Waals surface area contributed by atoms with E-state index in [1.807, 2.05) is 11.5 Å². The summed E-state index contributed by atoms with van der Waals surface area (Å²) >= 11 is 0. The van der Waals surface area contributed by atoms with Gasteiger partial charge in [-0.1, -0.05) is 13.3 Å². The Balaban J connectivity index is 2.37.